The maximum Gasteiger partial charge on any atom is 0.317 e. The van der Waals surface area contributed by atoms with Gasteiger partial charge in [0.05, 0.1) is 26.2 Å². The van der Waals surface area contributed by atoms with Crippen LogP contribution in [0, 0.1) is 5.92 Å². The summed E-state index contributed by atoms with van der Waals surface area (Å²) >= 11 is 0. The molecule has 1 aliphatic heterocycles. The van der Waals surface area contributed by atoms with E-state index in [-0.39, 0.29) is 25.6 Å². The Morgan fingerprint density at radius 2 is 1.41 bits per heavy atom. The summed E-state index contributed by atoms with van der Waals surface area (Å²) in [4.78, 5) is 48.6. The molecule has 1 atom stereocenters. The van der Waals surface area contributed by atoms with Crippen LogP contribution < -0.4 is 10.6 Å². The zero-order chi connectivity index (χ0) is 23.7. The maximum absolute atomic E-state index is 11.6. The number of carbonyl (C=O) groups is 4. The SMILES string of the molecule is O=C(O)CNC1(NCC(=O)O)CN(CC(=O)O)CC(Cc2ccccc2)CN1CC(=O)O. The lowest BCUT2D eigenvalue weighted by Gasteiger charge is -2.44. The molecule has 1 heterocycles. The first-order valence-corrected chi connectivity index (χ1v) is 9.98. The van der Waals surface area contributed by atoms with Gasteiger partial charge < -0.3 is 20.4 Å². The Hall–Kier alpha value is -3.06. The summed E-state index contributed by atoms with van der Waals surface area (Å²) in [5, 5.41) is 42.7. The van der Waals surface area contributed by atoms with Crippen LogP contribution in [-0.4, -0.2) is 106 Å². The highest BCUT2D eigenvalue weighted by Gasteiger charge is 2.44. The lowest BCUT2D eigenvalue weighted by atomic mass is 9.98. The van der Waals surface area contributed by atoms with Crippen LogP contribution in [0.4, 0.5) is 0 Å². The highest BCUT2D eigenvalue weighted by Crippen LogP contribution is 2.23. The molecule has 2 rings (SSSR count). The molecule has 0 amide bonds. The Morgan fingerprint density at radius 3 is 1.91 bits per heavy atom. The first-order chi connectivity index (χ1) is 15.1. The van der Waals surface area contributed by atoms with Gasteiger partial charge in [-0.3, -0.25) is 39.6 Å². The molecule has 12 nitrogen and oxygen atoms in total. The lowest BCUT2D eigenvalue weighted by Crippen LogP contribution is -2.73. The lowest BCUT2D eigenvalue weighted by molar-refractivity contribution is -0.145. The molecular formula is C20H28N4O8. The number of carboxylic acids is 4. The smallest absolute Gasteiger partial charge is 0.317 e. The van der Waals surface area contributed by atoms with Gasteiger partial charge in [-0.1, -0.05) is 30.3 Å². The Bertz CT molecular complexity index is 801. The summed E-state index contributed by atoms with van der Waals surface area (Å²) in [6, 6.07) is 9.41. The Morgan fingerprint density at radius 1 is 0.844 bits per heavy atom. The molecule has 1 aromatic rings. The molecule has 12 heteroatoms. The number of hydrogen-bond donors (Lipinski definition) is 6. The fourth-order valence-corrected chi connectivity index (χ4v) is 3.97. The molecule has 6 N–H and O–H groups in total. The van der Waals surface area contributed by atoms with Gasteiger partial charge in [-0.05, 0) is 17.9 Å². The van der Waals surface area contributed by atoms with Crippen LogP contribution in [-0.2, 0) is 25.6 Å². The van der Waals surface area contributed by atoms with Crippen LogP contribution in [0.5, 0.6) is 0 Å². The predicted molar refractivity (Wildman–Crippen MR) is 111 cm³/mol. The second kappa shape index (κ2) is 11.5. The van der Waals surface area contributed by atoms with Crippen LogP contribution in [0.3, 0.4) is 0 Å². The highest BCUT2D eigenvalue weighted by atomic mass is 16.4. The van der Waals surface area contributed by atoms with E-state index in [1.807, 2.05) is 30.3 Å². The first-order valence-electron chi connectivity index (χ1n) is 9.98. The summed E-state index contributed by atoms with van der Waals surface area (Å²) in [5.41, 5.74) is 0.979. The largest absolute Gasteiger partial charge is 0.480 e. The molecule has 176 valence electrons. The number of carboxylic acid groups (broad SMARTS) is 4. The van der Waals surface area contributed by atoms with Gasteiger partial charge >= 0.3 is 23.9 Å². The van der Waals surface area contributed by atoms with Crippen molar-refractivity contribution in [3.8, 4) is 0 Å². The molecule has 1 fully saturated rings. The molecule has 1 aliphatic rings. The van der Waals surface area contributed by atoms with Gasteiger partial charge in [0.2, 0.25) is 0 Å². The van der Waals surface area contributed by atoms with Crippen LogP contribution in [0.1, 0.15) is 5.56 Å². The van der Waals surface area contributed by atoms with Crippen molar-refractivity contribution in [3.63, 3.8) is 0 Å². The van der Waals surface area contributed by atoms with Crippen molar-refractivity contribution < 1.29 is 39.6 Å². The average molecular weight is 452 g/mol. The zero-order valence-electron chi connectivity index (χ0n) is 17.4. The van der Waals surface area contributed by atoms with Gasteiger partial charge in [0, 0.05) is 19.6 Å². The van der Waals surface area contributed by atoms with Crippen LogP contribution in [0.25, 0.3) is 0 Å². The molecule has 0 saturated carbocycles. The molecule has 0 radical (unpaired) electrons. The number of nitrogens with zero attached hydrogens (tertiary/aromatic N) is 2. The van der Waals surface area contributed by atoms with Crippen molar-refractivity contribution in [2.45, 2.75) is 12.2 Å². The van der Waals surface area contributed by atoms with E-state index in [1.54, 1.807) is 4.90 Å². The third-order valence-corrected chi connectivity index (χ3v) is 5.10. The molecule has 32 heavy (non-hydrogen) atoms. The van der Waals surface area contributed by atoms with E-state index in [0.717, 1.165) is 5.56 Å². The normalized spacial score (nSPS) is 19.2. The molecule has 1 unspecified atom stereocenters. The molecule has 0 spiro atoms. The first kappa shape index (κ1) is 25.2. The van der Waals surface area contributed by atoms with E-state index in [4.69, 9.17) is 0 Å². The fraction of sp³-hybridized carbons (Fsp3) is 0.500. The Labute approximate surface area is 184 Å². The Balaban J connectivity index is 2.44. The van der Waals surface area contributed by atoms with Crippen molar-refractivity contribution in [3.05, 3.63) is 35.9 Å². The summed E-state index contributed by atoms with van der Waals surface area (Å²) in [5.74, 6) is -6.54. The standard InChI is InChI=1S/C20H28N4O8/c25-16(26)7-21-20(22-8-17(27)28)13-23(11-18(29)30)9-15(10-24(20)12-19(31)32)6-14-4-2-1-3-5-14/h1-5,15,21-22H,6-13H2,(H,25,26)(H,27,28)(H,29,30)(H,31,32). The van der Waals surface area contributed by atoms with Crippen molar-refractivity contribution in [2.75, 3.05) is 45.8 Å². The zero-order valence-corrected chi connectivity index (χ0v) is 17.4. The van der Waals surface area contributed by atoms with Crippen LogP contribution >= 0.6 is 0 Å². The minimum absolute atomic E-state index is 0.140. The van der Waals surface area contributed by atoms with Crippen LogP contribution in [0.2, 0.25) is 0 Å². The van der Waals surface area contributed by atoms with Crippen molar-refractivity contribution in [2.24, 2.45) is 5.92 Å². The number of nitrogens with one attached hydrogen (secondary N) is 2. The fourth-order valence-electron chi connectivity index (χ4n) is 3.97. The molecule has 0 bridgehead atoms. The quantitative estimate of drug-likeness (QED) is 0.205. The van der Waals surface area contributed by atoms with Gasteiger partial charge in [0.15, 0.2) is 0 Å². The van der Waals surface area contributed by atoms with Crippen LogP contribution in [0.15, 0.2) is 30.3 Å². The van der Waals surface area contributed by atoms with E-state index < -0.39 is 49.3 Å². The van der Waals surface area contributed by atoms with E-state index >= 15 is 0 Å². The summed E-state index contributed by atoms with van der Waals surface area (Å²) in [7, 11) is 0. The number of rotatable bonds is 12. The second-order valence-electron chi connectivity index (χ2n) is 7.75. The van der Waals surface area contributed by atoms with E-state index in [9.17, 15) is 39.6 Å². The van der Waals surface area contributed by atoms with Gasteiger partial charge in [-0.2, -0.15) is 0 Å². The van der Waals surface area contributed by atoms with E-state index in [2.05, 4.69) is 10.6 Å². The van der Waals surface area contributed by atoms with Crippen molar-refractivity contribution in [1.29, 1.82) is 0 Å². The van der Waals surface area contributed by atoms with E-state index in [0.29, 0.717) is 13.0 Å². The molecule has 1 saturated heterocycles. The molecule has 1 aromatic carbocycles. The summed E-state index contributed by atoms with van der Waals surface area (Å²) in [6.07, 6.45) is 0.529. The van der Waals surface area contributed by atoms with Gasteiger partial charge in [-0.25, -0.2) is 0 Å². The monoisotopic (exact) mass is 452 g/mol. The number of benzene rings is 1. The topological polar surface area (TPSA) is 180 Å². The molecular weight excluding hydrogens is 424 g/mol. The average Bonchev–Trinajstić information content (AvgIpc) is 2.82. The number of aliphatic carboxylic acids is 4. The highest BCUT2D eigenvalue weighted by molar-refractivity contribution is 5.71. The van der Waals surface area contributed by atoms with Crippen molar-refractivity contribution in [1.82, 2.24) is 20.4 Å². The minimum Gasteiger partial charge on any atom is -0.480 e. The molecule has 0 aromatic heterocycles. The van der Waals surface area contributed by atoms with Gasteiger partial charge in [-0.15, -0.1) is 0 Å². The second-order valence-corrected chi connectivity index (χ2v) is 7.75. The van der Waals surface area contributed by atoms with Gasteiger partial charge in [0.1, 0.15) is 5.79 Å². The third kappa shape index (κ3) is 7.89. The van der Waals surface area contributed by atoms with Gasteiger partial charge in [0.25, 0.3) is 0 Å². The van der Waals surface area contributed by atoms with E-state index in [1.165, 1.54) is 4.90 Å². The Kier molecular flexibility index (Phi) is 9.08. The summed E-state index contributed by atoms with van der Waals surface area (Å²) in [6.45, 7) is -1.75. The van der Waals surface area contributed by atoms with Crippen molar-refractivity contribution >= 4 is 23.9 Å². The molecule has 0 aliphatic carbocycles. The number of hydrogen-bond acceptors (Lipinski definition) is 8. The summed E-state index contributed by atoms with van der Waals surface area (Å²) < 4.78 is 0. The minimum atomic E-state index is -1.59. The predicted octanol–water partition coefficient (Wildman–Crippen LogP) is -1.37. The maximum atomic E-state index is 11.6. The third-order valence-electron chi connectivity index (χ3n) is 5.10.